The maximum Gasteiger partial charge on any atom is 0.409 e. The number of carbonyl (C=O) groups is 2. The molecular weight excluding hydrogens is 379 g/mol. The number of nitrogens with zero attached hydrogens (tertiary/aromatic N) is 4. The van der Waals surface area contributed by atoms with Crippen molar-refractivity contribution in [2.75, 3.05) is 43.9 Å². The minimum Gasteiger partial charge on any atom is -0.453 e. The van der Waals surface area contributed by atoms with Gasteiger partial charge in [0, 0.05) is 32.7 Å². The lowest BCUT2D eigenvalue weighted by Gasteiger charge is -2.33. The lowest BCUT2D eigenvalue weighted by Crippen LogP contribution is -2.48. The standard InChI is InChI=1S/C19H23FN6O3/c1-13-21-10-15(11-22-13)23-18(27)24-17-9-14(3-4-16(17)20)12-25-5-7-26(8-6-25)19(28)29-2/h3-4,9-11H,5-8,12H2,1-2H3,(H2,23,24,27). The predicted octanol–water partition coefficient (Wildman–Crippen LogP) is 2.45. The van der Waals surface area contributed by atoms with Crippen molar-refractivity contribution in [1.82, 2.24) is 19.8 Å². The highest BCUT2D eigenvalue weighted by molar-refractivity contribution is 5.99. The molecule has 0 spiro atoms. The van der Waals surface area contributed by atoms with Crippen LogP contribution in [0.15, 0.2) is 30.6 Å². The van der Waals surface area contributed by atoms with Crippen molar-refractivity contribution < 1.29 is 18.7 Å². The largest absolute Gasteiger partial charge is 0.453 e. The van der Waals surface area contributed by atoms with E-state index in [4.69, 9.17) is 4.74 Å². The van der Waals surface area contributed by atoms with E-state index in [1.165, 1.54) is 25.6 Å². The van der Waals surface area contributed by atoms with E-state index >= 15 is 0 Å². The Balaban J connectivity index is 1.57. The molecule has 1 aromatic carbocycles. The zero-order valence-electron chi connectivity index (χ0n) is 16.3. The van der Waals surface area contributed by atoms with Crippen molar-refractivity contribution >= 4 is 23.5 Å². The number of hydrogen-bond donors (Lipinski definition) is 2. The van der Waals surface area contributed by atoms with Crippen LogP contribution in [0.2, 0.25) is 0 Å². The van der Waals surface area contributed by atoms with Crippen molar-refractivity contribution in [3.05, 3.63) is 47.8 Å². The third-order valence-electron chi connectivity index (χ3n) is 4.53. The maximum absolute atomic E-state index is 14.1. The fourth-order valence-electron chi connectivity index (χ4n) is 2.98. The summed E-state index contributed by atoms with van der Waals surface area (Å²) in [7, 11) is 1.36. The summed E-state index contributed by atoms with van der Waals surface area (Å²) in [6, 6.07) is 4.02. The summed E-state index contributed by atoms with van der Waals surface area (Å²) in [5, 5.41) is 5.08. The summed E-state index contributed by atoms with van der Waals surface area (Å²) >= 11 is 0. The van der Waals surface area contributed by atoms with Crippen LogP contribution in [-0.4, -0.2) is 65.2 Å². The lowest BCUT2D eigenvalue weighted by molar-refractivity contribution is 0.0889. The lowest BCUT2D eigenvalue weighted by atomic mass is 10.1. The molecule has 1 saturated heterocycles. The van der Waals surface area contributed by atoms with Gasteiger partial charge in [-0.2, -0.15) is 0 Å². The molecule has 3 rings (SSSR count). The normalized spacial score (nSPS) is 14.4. The second-order valence-electron chi connectivity index (χ2n) is 6.65. The van der Waals surface area contributed by atoms with Gasteiger partial charge in [0.25, 0.3) is 0 Å². The zero-order valence-corrected chi connectivity index (χ0v) is 16.3. The molecule has 10 heteroatoms. The molecule has 0 atom stereocenters. The molecule has 2 heterocycles. The van der Waals surface area contributed by atoms with Crippen molar-refractivity contribution in [1.29, 1.82) is 0 Å². The van der Waals surface area contributed by atoms with Crippen molar-refractivity contribution in [3.63, 3.8) is 0 Å². The fourth-order valence-corrected chi connectivity index (χ4v) is 2.98. The SMILES string of the molecule is COC(=O)N1CCN(Cc2ccc(F)c(NC(=O)Nc3cnc(C)nc3)c2)CC1. The highest BCUT2D eigenvalue weighted by atomic mass is 19.1. The van der Waals surface area contributed by atoms with Crippen LogP contribution in [0, 0.1) is 12.7 Å². The molecule has 0 radical (unpaired) electrons. The van der Waals surface area contributed by atoms with Gasteiger partial charge in [-0.15, -0.1) is 0 Å². The molecule has 1 aromatic heterocycles. The van der Waals surface area contributed by atoms with Gasteiger partial charge in [-0.05, 0) is 24.6 Å². The number of ether oxygens (including phenoxy) is 1. The fraction of sp³-hybridized carbons (Fsp3) is 0.368. The number of anilines is 2. The Hall–Kier alpha value is -3.27. The smallest absolute Gasteiger partial charge is 0.409 e. The summed E-state index contributed by atoms with van der Waals surface area (Å²) in [6.45, 7) is 4.82. The van der Waals surface area contributed by atoms with Crippen molar-refractivity contribution in [2.45, 2.75) is 13.5 Å². The average Bonchev–Trinajstić information content (AvgIpc) is 2.72. The summed E-state index contributed by atoms with van der Waals surface area (Å²) < 4.78 is 18.9. The van der Waals surface area contributed by atoms with Gasteiger partial charge in [-0.3, -0.25) is 4.90 Å². The molecule has 3 amide bonds. The number of urea groups is 1. The van der Waals surface area contributed by atoms with Crippen LogP contribution in [0.5, 0.6) is 0 Å². The Morgan fingerprint density at radius 1 is 1.14 bits per heavy atom. The van der Waals surface area contributed by atoms with Crippen LogP contribution in [0.4, 0.5) is 25.4 Å². The van der Waals surface area contributed by atoms with E-state index in [1.807, 2.05) is 0 Å². The molecule has 2 aromatic rings. The molecule has 0 aliphatic carbocycles. The molecule has 29 heavy (non-hydrogen) atoms. The van der Waals surface area contributed by atoms with E-state index in [1.54, 1.807) is 24.0 Å². The number of piperazine rings is 1. The first-order valence-corrected chi connectivity index (χ1v) is 9.15. The predicted molar refractivity (Wildman–Crippen MR) is 105 cm³/mol. The molecule has 1 aliphatic heterocycles. The molecule has 0 bridgehead atoms. The number of halogens is 1. The second kappa shape index (κ2) is 9.28. The second-order valence-corrected chi connectivity index (χ2v) is 6.65. The monoisotopic (exact) mass is 402 g/mol. The molecule has 154 valence electrons. The van der Waals surface area contributed by atoms with Gasteiger partial charge < -0.3 is 20.3 Å². The highest BCUT2D eigenvalue weighted by Crippen LogP contribution is 2.19. The third-order valence-corrected chi connectivity index (χ3v) is 4.53. The van der Waals surface area contributed by atoms with Crippen LogP contribution >= 0.6 is 0 Å². The van der Waals surface area contributed by atoms with E-state index in [0.29, 0.717) is 44.2 Å². The molecule has 0 unspecified atom stereocenters. The third kappa shape index (κ3) is 5.61. The number of methoxy groups -OCH3 is 1. The number of amides is 3. The minimum atomic E-state index is -0.583. The summed E-state index contributed by atoms with van der Waals surface area (Å²) in [4.78, 5) is 35.5. The number of nitrogens with one attached hydrogen (secondary N) is 2. The summed E-state index contributed by atoms with van der Waals surface area (Å²) in [5.41, 5.74) is 1.35. The molecular formula is C19H23FN6O3. The number of aromatic nitrogens is 2. The first-order chi connectivity index (χ1) is 13.9. The van der Waals surface area contributed by atoms with E-state index in [0.717, 1.165) is 5.56 Å². The molecule has 1 fully saturated rings. The number of aryl methyl sites for hydroxylation is 1. The quantitative estimate of drug-likeness (QED) is 0.815. The number of hydrogen-bond acceptors (Lipinski definition) is 6. The average molecular weight is 402 g/mol. The molecule has 1 aliphatic rings. The highest BCUT2D eigenvalue weighted by Gasteiger charge is 2.21. The van der Waals surface area contributed by atoms with Gasteiger partial charge in [0.15, 0.2) is 0 Å². The van der Waals surface area contributed by atoms with Gasteiger partial charge in [-0.25, -0.2) is 23.9 Å². The molecule has 2 N–H and O–H groups in total. The zero-order chi connectivity index (χ0) is 20.8. The van der Waals surface area contributed by atoms with Crippen LogP contribution in [0.25, 0.3) is 0 Å². The van der Waals surface area contributed by atoms with E-state index < -0.39 is 11.8 Å². The number of benzene rings is 1. The van der Waals surface area contributed by atoms with Crippen LogP contribution in [-0.2, 0) is 11.3 Å². The maximum atomic E-state index is 14.1. The van der Waals surface area contributed by atoms with Gasteiger partial charge in [0.1, 0.15) is 11.6 Å². The topological polar surface area (TPSA) is 99.7 Å². The van der Waals surface area contributed by atoms with Crippen LogP contribution in [0.1, 0.15) is 11.4 Å². The Bertz CT molecular complexity index is 869. The Kier molecular flexibility index (Phi) is 6.55. The van der Waals surface area contributed by atoms with E-state index in [-0.39, 0.29) is 11.8 Å². The van der Waals surface area contributed by atoms with Gasteiger partial charge in [0.05, 0.1) is 30.9 Å². The van der Waals surface area contributed by atoms with Crippen LogP contribution < -0.4 is 10.6 Å². The molecule has 0 saturated carbocycles. The Morgan fingerprint density at radius 3 is 2.48 bits per heavy atom. The molecule has 9 nitrogen and oxygen atoms in total. The number of carbonyl (C=O) groups excluding carboxylic acids is 2. The van der Waals surface area contributed by atoms with Gasteiger partial charge >= 0.3 is 12.1 Å². The number of rotatable bonds is 4. The first kappa shape index (κ1) is 20.5. The van der Waals surface area contributed by atoms with Gasteiger partial charge in [0.2, 0.25) is 0 Å². The summed E-state index contributed by atoms with van der Waals surface area (Å²) in [6.07, 6.45) is 2.62. The summed E-state index contributed by atoms with van der Waals surface area (Å²) in [5.74, 6) is 0.0571. The van der Waals surface area contributed by atoms with E-state index in [2.05, 4.69) is 25.5 Å². The van der Waals surface area contributed by atoms with Crippen molar-refractivity contribution in [2.24, 2.45) is 0 Å². The van der Waals surface area contributed by atoms with Crippen LogP contribution in [0.3, 0.4) is 0 Å². The minimum absolute atomic E-state index is 0.0845. The van der Waals surface area contributed by atoms with Gasteiger partial charge in [-0.1, -0.05) is 6.07 Å². The van der Waals surface area contributed by atoms with Crippen molar-refractivity contribution in [3.8, 4) is 0 Å². The Labute approximate surface area is 167 Å². The first-order valence-electron chi connectivity index (χ1n) is 9.15. The Morgan fingerprint density at radius 2 is 1.83 bits per heavy atom. The van der Waals surface area contributed by atoms with E-state index in [9.17, 15) is 14.0 Å².